The van der Waals surface area contributed by atoms with Gasteiger partial charge in [-0.1, -0.05) is 0 Å². The van der Waals surface area contributed by atoms with E-state index in [0.29, 0.717) is 12.5 Å². The van der Waals surface area contributed by atoms with Gasteiger partial charge in [-0.05, 0) is 0 Å². The van der Waals surface area contributed by atoms with Gasteiger partial charge in [0.2, 0.25) is 0 Å². The molecule has 0 aliphatic carbocycles. The summed E-state index contributed by atoms with van der Waals surface area (Å²) >= 11 is 0. The Kier molecular flexibility index (Phi) is 2.68. The second kappa shape index (κ2) is 3.56. The molecular formula is C7H14NO2+. The number of carbonyl (C=O) groups excluding carboxylic acids is 1. The van der Waals surface area contributed by atoms with Crippen molar-refractivity contribution < 1.29 is 14.8 Å². The number of esters is 1. The third-order valence-electron chi connectivity index (χ3n) is 1.94. The smallest absolute Gasteiger partial charge is 0.311 e. The van der Waals surface area contributed by atoms with E-state index in [1.807, 2.05) is 0 Å². The van der Waals surface area contributed by atoms with E-state index in [4.69, 9.17) is 0 Å². The average molecular weight is 144 g/mol. The van der Waals surface area contributed by atoms with Gasteiger partial charge in [-0.25, -0.2) is 0 Å². The van der Waals surface area contributed by atoms with Gasteiger partial charge in [-0.2, -0.15) is 0 Å². The number of methoxy groups -OCH3 is 1. The number of hydrogen-bond acceptors (Lipinski definition) is 2. The quantitative estimate of drug-likeness (QED) is 0.519. The predicted molar refractivity (Wildman–Crippen MR) is 36.4 cm³/mol. The SMILES string of the molecule is COC(=O)C[C@@H]1CCC[NH2+]1. The van der Waals surface area contributed by atoms with Gasteiger partial charge < -0.3 is 10.1 Å². The Morgan fingerprint density at radius 3 is 3.10 bits per heavy atom. The Hall–Kier alpha value is -0.570. The fourth-order valence-corrected chi connectivity index (χ4v) is 1.33. The first kappa shape index (κ1) is 7.54. The van der Waals surface area contributed by atoms with E-state index in [2.05, 4.69) is 10.1 Å². The molecule has 0 aromatic rings. The molecule has 0 radical (unpaired) electrons. The van der Waals surface area contributed by atoms with E-state index < -0.39 is 0 Å². The summed E-state index contributed by atoms with van der Waals surface area (Å²) in [5.41, 5.74) is 0. The van der Waals surface area contributed by atoms with Crippen LogP contribution in [0.5, 0.6) is 0 Å². The summed E-state index contributed by atoms with van der Waals surface area (Å²) in [7, 11) is 1.44. The number of nitrogens with two attached hydrogens (primary N) is 1. The van der Waals surface area contributed by atoms with Crippen molar-refractivity contribution >= 4 is 5.97 Å². The molecule has 0 aromatic carbocycles. The summed E-state index contributed by atoms with van der Waals surface area (Å²) in [6, 6.07) is 0.493. The van der Waals surface area contributed by atoms with Crippen LogP contribution in [0.15, 0.2) is 0 Å². The van der Waals surface area contributed by atoms with Crippen LogP contribution in [-0.2, 0) is 9.53 Å². The number of ether oxygens (including phenoxy) is 1. The topological polar surface area (TPSA) is 42.9 Å². The van der Waals surface area contributed by atoms with Crippen molar-refractivity contribution in [1.29, 1.82) is 0 Å². The molecule has 3 heteroatoms. The van der Waals surface area contributed by atoms with Crippen molar-refractivity contribution in [3.8, 4) is 0 Å². The summed E-state index contributed by atoms with van der Waals surface area (Å²) in [5.74, 6) is -0.0804. The Morgan fingerprint density at radius 1 is 1.80 bits per heavy atom. The molecule has 0 spiro atoms. The third-order valence-corrected chi connectivity index (χ3v) is 1.94. The van der Waals surface area contributed by atoms with Crippen LogP contribution in [0.4, 0.5) is 0 Å². The van der Waals surface area contributed by atoms with Crippen LogP contribution < -0.4 is 5.32 Å². The maximum atomic E-state index is 10.7. The Morgan fingerprint density at radius 2 is 2.60 bits per heavy atom. The third kappa shape index (κ3) is 1.99. The molecule has 1 aliphatic rings. The molecule has 0 bridgehead atoms. The molecule has 1 saturated heterocycles. The highest BCUT2D eigenvalue weighted by molar-refractivity contribution is 5.69. The van der Waals surface area contributed by atoms with Gasteiger partial charge in [-0.15, -0.1) is 0 Å². The lowest BCUT2D eigenvalue weighted by Crippen LogP contribution is -2.86. The highest BCUT2D eigenvalue weighted by Gasteiger charge is 2.21. The van der Waals surface area contributed by atoms with Gasteiger partial charge in [0.15, 0.2) is 0 Å². The van der Waals surface area contributed by atoms with E-state index in [-0.39, 0.29) is 5.97 Å². The van der Waals surface area contributed by atoms with Crippen molar-refractivity contribution in [3.63, 3.8) is 0 Å². The maximum Gasteiger partial charge on any atom is 0.311 e. The minimum Gasteiger partial charge on any atom is -0.469 e. The first-order chi connectivity index (χ1) is 4.83. The van der Waals surface area contributed by atoms with Crippen LogP contribution in [0.1, 0.15) is 19.3 Å². The number of hydrogen-bond donors (Lipinski definition) is 1. The molecule has 58 valence electrons. The molecule has 10 heavy (non-hydrogen) atoms. The Balaban J connectivity index is 2.17. The van der Waals surface area contributed by atoms with Gasteiger partial charge >= 0.3 is 5.97 Å². The number of quaternary nitrogens is 1. The van der Waals surface area contributed by atoms with E-state index in [0.717, 1.165) is 6.42 Å². The Bertz CT molecular complexity index is 119. The van der Waals surface area contributed by atoms with Crippen molar-refractivity contribution in [3.05, 3.63) is 0 Å². The van der Waals surface area contributed by atoms with Crippen molar-refractivity contribution in [2.45, 2.75) is 25.3 Å². The fourth-order valence-electron chi connectivity index (χ4n) is 1.33. The minimum absolute atomic E-state index is 0.0804. The first-order valence-electron chi connectivity index (χ1n) is 3.73. The summed E-state index contributed by atoms with van der Waals surface area (Å²) < 4.78 is 4.55. The largest absolute Gasteiger partial charge is 0.469 e. The molecule has 0 unspecified atom stereocenters. The van der Waals surface area contributed by atoms with Crippen LogP contribution in [0.2, 0.25) is 0 Å². The molecule has 1 aliphatic heterocycles. The lowest BCUT2D eigenvalue weighted by Gasteiger charge is -2.03. The highest BCUT2D eigenvalue weighted by atomic mass is 16.5. The van der Waals surface area contributed by atoms with Gasteiger partial charge in [0, 0.05) is 12.8 Å². The van der Waals surface area contributed by atoms with Crippen LogP contribution in [0.3, 0.4) is 0 Å². The van der Waals surface area contributed by atoms with Crippen LogP contribution >= 0.6 is 0 Å². The summed E-state index contributed by atoms with van der Waals surface area (Å²) in [6.45, 7) is 1.17. The van der Waals surface area contributed by atoms with Crippen molar-refractivity contribution in [2.75, 3.05) is 13.7 Å². The second-order valence-corrected chi connectivity index (χ2v) is 2.71. The lowest BCUT2D eigenvalue weighted by atomic mass is 10.2. The molecule has 2 N–H and O–H groups in total. The zero-order valence-electron chi connectivity index (χ0n) is 6.30. The monoisotopic (exact) mass is 144 g/mol. The van der Waals surface area contributed by atoms with Crippen molar-refractivity contribution in [1.82, 2.24) is 0 Å². The maximum absolute atomic E-state index is 10.7. The van der Waals surface area contributed by atoms with Gasteiger partial charge in [0.05, 0.1) is 26.1 Å². The molecule has 1 rings (SSSR count). The van der Waals surface area contributed by atoms with Gasteiger partial charge in [0.25, 0.3) is 0 Å². The van der Waals surface area contributed by atoms with E-state index in [1.54, 1.807) is 0 Å². The molecule has 0 aromatic heterocycles. The lowest BCUT2D eigenvalue weighted by molar-refractivity contribution is -0.669. The van der Waals surface area contributed by atoms with E-state index in [1.165, 1.54) is 20.1 Å². The highest BCUT2D eigenvalue weighted by Crippen LogP contribution is 2.01. The minimum atomic E-state index is -0.0804. The predicted octanol–water partition coefficient (Wildman–Crippen LogP) is -0.725. The molecule has 0 saturated carbocycles. The number of rotatable bonds is 2. The second-order valence-electron chi connectivity index (χ2n) is 2.71. The zero-order valence-corrected chi connectivity index (χ0v) is 6.30. The summed E-state index contributed by atoms with van der Waals surface area (Å²) in [5, 5.41) is 2.22. The standard InChI is InChI=1S/C7H13NO2/c1-10-7(9)5-6-3-2-4-8-6/h6,8H,2-5H2,1H3/p+1/t6-/m0/s1. The molecular weight excluding hydrogens is 130 g/mol. The molecule has 1 fully saturated rings. The first-order valence-corrected chi connectivity index (χ1v) is 3.73. The molecule has 0 amide bonds. The van der Waals surface area contributed by atoms with Gasteiger partial charge in [0.1, 0.15) is 0 Å². The Labute approximate surface area is 60.7 Å². The van der Waals surface area contributed by atoms with Gasteiger partial charge in [-0.3, -0.25) is 4.79 Å². The van der Waals surface area contributed by atoms with Crippen LogP contribution in [0, 0.1) is 0 Å². The zero-order chi connectivity index (χ0) is 7.40. The fraction of sp³-hybridized carbons (Fsp3) is 0.857. The number of carbonyl (C=O) groups is 1. The van der Waals surface area contributed by atoms with E-state index in [9.17, 15) is 4.79 Å². The van der Waals surface area contributed by atoms with Crippen molar-refractivity contribution in [2.24, 2.45) is 0 Å². The molecule has 1 heterocycles. The summed E-state index contributed by atoms with van der Waals surface area (Å²) in [4.78, 5) is 10.7. The summed E-state index contributed by atoms with van der Waals surface area (Å²) in [6.07, 6.45) is 2.98. The van der Waals surface area contributed by atoms with E-state index >= 15 is 0 Å². The molecule has 3 nitrogen and oxygen atoms in total. The average Bonchev–Trinajstić information content (AvgIpc) is 2.40. The van der Waals surface area contributed by atoms with Crippen LogP contribution in [-0.4, -0.2) is 25.7 Å². The molecule has 1 atom stereocenters. The van der Waals surface area contributed by atoms with Crippen LogP contribution in [0.25, 0.3) is 0 Å². The normalized spacial score (nSPS) is 24.7.